The number of aromatic nitrogens is 1. The van der Waals surface area contributed by atoms with Crippen LogP contribution in [0.1, 0.15) is 20.9 Å². The molecule has 26 heavy (non-hydrogen) atoms. The van der Waals surface area contributed by atoms with Crippen molar-refractivity contribution >= 4 is 17.3 Å². The van der Waals surface area contributed by atoms with Gasteiger partial charge in [-0.05, 0) is 36.8 Å². The number of aryl methyl sites for hydroxylation is 1. The van der Waals surface area contributed by atoms with Crippen molar-refractivity contribution in [1.82, 2.24) is 4.98 Å². The third-order valence-electron chi connectivity index (χ3n) is 3.72. The van der Waals surface area contributed by atoms with E-state index in [1.54, 1.807) is 44.4 Å². The Kier molecular flexibility index (Phi) is 5.18. The number of carboxylic acid groups (broad SMARTS) is 1. The maximum atomic E-state index is 13.0. The van der Waals surface area contributed by atoms with Gasteiger partial charge in [-0.2, -0.15) is 0 Å². The molecule has 0 amide bonds. The molecule has 0 spiro atoms. The average molecular weight is 373 g/mol. The van der Waals surface area contributed by atoms with E-state index in [0.717, 1.165) is 16.9 Å². The molecule has 0 saturated carbocycles. The molecule has 0 bridgehead atoms. The molecule has 0 unspecified atom stereocenters. The minimum Gasteiger partial charge on any atom is -0.497 e. The lowest BCUT2D eigenvalue weighted by molar-refractivity contribution is 0.0701. The van der Waals surface area contributed by atoms with Gasteiger partial charge in [0, 0.05) is 6.07 Å². The summed E-state index contributed by atoms with van der Waals surface area (Å²) in [7, 11) is 1.55. The predicted molar refractivity (Wildman–Crippen MR) is 96.5 cm³/mol. The molecule has 2 aromatic carbocycles. The van der Waals surface area contributed by atoms with Crippen molar-refractivity contribution in [3.8, 4) is 22.1 Å². The fraction of sp³-hybridized carbons (Fsp3) is 0.158. The van der Waals surface area contributed by atoms with Crippen LogP contribution in [0.4, 0.5) is 4.39 Å². The van der Waals surface area contributed by atoms with E-state index in [1.807, 2.05) is 0 Å². The number of ether oxygens (including phenoxy) is 2. The fourth-order valence-corrected chi connectivity index (χ4v) is 3.31. The van der Waals surface area contributed by atoms with Crippen molar-refractivity contribution in [2.75, 3.05) is 7.11 Å². The van der Waals surface area contributed by atoms with Crippen molar-refractivity contribution in [1.29, 1.82) is 0 Å². The molecular weight excluding hydrogens is 357 g/mol. The highest BCUT2D eigenvalue weighted by molar-refractivity contribution is 7.17. The Balaban J connectivity index is 1.93. The van der Waals surface area contributed by atoms with E-state index in [4.69, 9.17) is 9.47 Å². The lowest BCUT2D eigenvalue weighted by Crippen LogP contribution is -1.98. The van der Waals surface area contributed by atoms with Gasteiger partial charge in [-0.1, -0.05) is 12.1 Å². The molecule has 0 atom stereocenters. The molecule has 0 aliphatic rings. The first kappa shape index (κ1) is 17.9. The number of nitrogens with zero attached hydrogens (tertiary/aromatic N) is 1. The van der Waals surface area contributed by atoms with Crippen LogP contribution in [0.25, 0.3) is 10.6 Å². The van der Waals surface area contributed by atoms with Gasteiger partial charge in [0.25, 0.3) is 0 Å². The van der Waals surface area contributed by atoms with Crippen molar-refractivity contribution < 1.29 is 23.8 Å². The van der Waals surface area contributed by atoms with Gasteiger partial charge >= 0.3 is 5.97 Å². The maximum absolute atomic E-state index is 13.0. The molecule has 7 heteroatoms. The number of methoxy groups -OCH3 is 1. The Morgan fingerprint density at radius 3 is 2.58 bits per heavy atom. The third kappa shape index (κ3) is 3.83. The summed E-state index contributed by atoms with van der Waals surface area (Å²) in [5.74, 6) is -0.197. The van der Waals surface area contributed by atoms with Crippen molar-refractivity contribution in [2.45, 2.75) is 13.5 Å². The highest BCUT2D eigenvalue weighted by Gasteiger charge is 2.18. The molecule has 3 rings (SSSR count). The van der Waals surface area contributed by atoms with Crippen LogP contribution >= 0.6 is 11.3 Å². The highest BCUT2D eigenvalue weighted by Crippen LogP contribution is 2.37. The second-order valence-electron chi connectivity index (χ2n) is 5.52. The maximum Gasteiger partial charge on any atom is 0.347 e. The molecule has 1 N–H and O–H groups in total. The molecule has 3 aromatic rings. The lowest BCUT2D eigenvalue weighted by Gasteiger charge is -2.12. The van der Waals surface area contributed by atoms with E-state index in [9.17, 15) is 14.3 Å². The molecule has 0 aliphatic heterocycles. The average Bonchev–Trinajstić information content (AvgIpc) is 3.03. The Morgan fingerprint density at radius 2 is 1.96 bits per heavy atom. The van der Waals surface area contributed by atoms with E-state index in [-0.39, 0.29) is 17.3 Å². The molecule has 0 saturated heterocycles. The van der Waals surface area contributed by atoms with Crippen LogP contribution in [-0.2, 0) is 6.61 Å². The zero-order valence-electron chi connectivity index (χ0n) is 14.2. The van der Waals surface area contributed by atoms with E-state index >= 15 is 0 Å². The number of carboxylic acids is 1. The number of aromatic carboxylic acids is 1. The van der Waals surface area contributed by atoms with Crippen molar-refractivity contribution in [2.24, 2.45) is 0 Å². The van der Waals surface area contributed by atoms with E-state index < -0.39 is 5.97 Å². The van der Waals surface area contributed by atoms with Crippen LogP contribution in [0, 0.1) is 12.7 Å². The summed E-state index contributed by atoms with van der Waals surface area (Å²) in [5.41, 5.74) is 1.94. The smallest absolute Gasteiger partial charge is 0.347 e. The summed E-state index contributed by atoms with van der Waals surface area (Å²) >= 11 is 1.09. The number of thiazole rings is 1. The van der Waals surface area contributed by atoms with Crippen LogP contribution in [0.15, 0.2) is 42.5 Å². The minimum atomic E-state index is -1.01. The van der Waals surface area contributed by atoms with Gasteiger partial charge in [-0.3, -0.25) is 0 Å². The summed E-state index contributed by atoms with van der Waals surface area (Å²) in [5, 5.41) is 9.79. The number of carbonyl (C=O) groups is 1. The molecule has 1 aromatic heterocycles. The van der Waals surface area contributed by atoms with Crippen molar-refractivity contribution in [3.63, 3.8) is 0 Å². The van der Waals surface area contributed by atoms with Gasteiger partial charge < -0.3 is 14.6 Å². The Morgan fingerprint density at radius 1 is 1.23 bits per heavy atom. The van der Waals surface area contributed by atoms with Gasteiger partial charge in [-0.25, -0.2) is 14.2 Å². The van der Waals surface area contributed by atoms with E-state index in [0.29, 0.717) is 27.8 Å². The largest absolute Gasteiger partial charge is 0.497 e. The number of hydrogen-bond donors (Lipinski definition) is 1. The van der Waals surface area contributed by atoms with Crippen LogP contribution in [-0.4, -0.2) is 23.2 Å². The molecule has 1 heterocycles. The van der Waals surface area contributed by atoms with Gasteiger partial charge in [0.2, 0.25) is 0 Å². The molecule has 134 valence electrons. The monoisotopic (exact) mass is 373 g/mol. The summed E-state index contributed by atoms with van der Waals surface area (Å²) in [6, 6.07) is 11.3. The molecule has 5 nitrogen and oxygen atoms in total. The standard InChI is InChI=1S/C19H16FNO4S/c1-11-17(19(22)23)26-18(21-11)15-8-7-14(24-2)9-16(15)25-10-12-3-5-13(20)6-4-12/h3-9H,10H2,1-2H3,(H,22,23). The Bertz CT molecular complexity index is 937. The zero-order chi connectivity index (χ0) is 18.7. The SMILES string of the molecule is COc1ccc(-c2nc(C)c(C(=O)O)s2)c(OCc2ccc(F)cc2)c1. The lowest BCUT2D eigenvalue weighted by atomic mass is 10.2. The van der Waals surface area contributed by atoms with Crippen molar-refractivity contribution in [3.05, 3.63) is 64.4 Å². The van der Waals surface area contributed by atoms with Crippen LogP contribution in [0.3, 0.4) is 0 Å². The quantitative estimate of drug-likeness (QED) is 0.687. The van der Waals surface area contributed by atoms with E-state index in [2.05, 4.69) is 4.98 Å². The predicted octanol–water partition coefficient (Wildman–Crippen LogP) is 4.54. The minimum absolute atomic E-state index is 0.195. The molecule has 0 radical (unpaired) electrons. The molecule has 0 aliphatic carbocycles. The van der Waals surface area contributed by atoms with Gasteiger partial charge in [-0.15, -0.1) is 11.3 Å². The number of rotatable bonds is 6. The van der Waals surface area contributed by atoms with E-state index in [1.165, 1.54) is 12.1 Å². The molecular formula is C19H16FNO4S. The summed E-state index contributed by atoms with van der Waals surface area (Å²) in [6.07, 6.45) is 0. The fourth-order valence-electron chi connectivity index (χ4n) is 2.38. The topological polar surface area (TPSA) is 68.7 Å². The van der Waals surface area contributed by atoms with Gasteiger partial charge in [0.15, 0.2) is 0 Å². The molecule has 0 fully saturated rings. The highest BCUT2D eigenvalue weighted by atomic mass is 32.1. The van der Waals surface area contributed by atoms with Crippen LogP contribution in [0.5, 0.6) is 11.5 Å². The summed E-state index contributed by atoms with van der Waals surface area (Å²) < 4.78 is 24.2. The first-order valence-corrected chi connectivity index (χ1v) is 8.56. The summed E-state index contributed by atoms with van der Waals surface area (Å²) in [6.45, 7) is 1.89. The second kappa shape index (κ2) is 7.53. The zero-order valence-corrected chi connectivity index (χ0v) is 15.0. The first-order chi connectivity index (χ1) is 12.5. The number of halogens is 1. The van der Waals surface area contributed by atoms with Crippen LogP contribution in [0.2, 0.25) is 0 Å². The first-order valence-electron chi connectivity index (χ1n) is 7.74. The third-order valence-corrected chi connectivity index (χ3v) is 4.90. The number of hydrogen-bond acceptors (Lipinski definition) is 5. The van der Waals surface area contributed by atoms with Gasteiger partial charge in [0.05, 0.1) is 18.4 Å². The summed E-state index contributed by atoms with van der Waals surface area (Å²) in [4.78, 5) is 15.8. The Hall–Kier alpha value is -2.93. The Labute approximate surface area is 153 Å². The van der Waals surface area contributed by atoms with Gasteiger partial charge in [0.1, 0.15) is 33.8 Å². The number of benzene rings is 2. The van der Waals surface area contributed by atoms with Crippen LogP contribution < -0.4 is 9.47 Å². The normalized spacial score (nSPS) is 10.6. The second-order valence-corrected chi connectivity index (χ2v) is 6.52.